The Bertz CT molecular complexity index is 350. The van der Waals surface area contributed by atoms with Gasteiger partial charge in [0, 0.05) is 34.9 Å². The van der Waals surface area contributed by atoms with E-state index in [2.05, 4.69) is 52.2 Å². The summed E-state index contributed by atoms with van der Waals surface area (Å²) in [4.78, 5) is 2.93. The fraction of sp³-hybridized carbons (Fsp3) is 0.750. The highest BCUT2D eigenvalue weighted by atomic mass is 32.1. The van der Waals surface area contributed by atoms with Crippen molar-refractivity contribution in [2.75, 3.05) is 0 Å². The fourth-order valence-electron chi connectivity index (χ4n) is 2.08. The van der Waals surface area contributed by atoms with Crippen molar-refractivity contribution in [3.63, 3.8) is 0 Å². The summed E-state index contributed by atoms with van der Waals surface area (Å²) in [6.45, 7) is 15.5. The molecule has 0 spiro atoms. The van der Waals surface area contributed by atoms with Crippen LogP contribution in [0.2, 0.25) is 0 Å². The van der Waals surface area contributed by atoms with E-state index in [1.54, 1.807) is 0 Å². The van der Waals surface area contributed by atoms with E-state index in [1.807, 2.05) is 11.3 Å². The van der Waals surface area contributed by atoms with Crippen molar-refractivity contribution in [3.8, 4) is 0 Å². The van der Waals surface area contributed by atoms with E-state index in [0.717, 1.165) is 13.1 Å². The molecule has 2 nitrogen and oxygen atoms in total. The monoisotopic (exact) mass is 282 g/mol. The summed E-state index contributed by atoms with van der Waals surface area (Å²) < 4.78 is 0. The summed E-state index contributed by atoms with van der Waals surface area (Å²) in [7, 11) is 0. The van der Waals surface area contributed by atoms with E-state index in [0.29, 0.717) is 12.1 Å². The molecule has 0 aromatic carbocycles. The van der Waals surface area contributed by atoms with Crippen LogP contribution < -0.4 is 10.6 Å². The number of hydrogen-bond donors (Lipinski definition) is 2. The third-order valence-corrected chi connectivity index (χ3v) is 5.10. The standard InChI is InChI=1S/C16H30N2S/c1-7-11(3)17-9-15-13(5)19-14(6)16(15)10-18-12(4)8-2/h11-12,17-18H,7-10H2,1-6H3. The molecule has 0 aliphatic carbocycles. The van der Waals surface area contributed by atoms with Crippen molar-refractivity contribution >= 4 is 11.3 Å². The first-order valence-electron chi connectivity index (χ1n) is 7.54. The molecule has 2 atom stereocenters. The molecule has 0 amide bonds. The maximum atomic E-state index is 3.62. The molecule has 1 heterocycles. The van der Waals surface area contributed by atoms with Gasteiger partial charge in [0.25, 0.3) is 0 Å². The lowest BCUT2D eigenvalue weighted by molar-refractivity contribution is 0.518. The second-order valence-electron chi connectivity index (χ2n) is 5.55. The Morgan fingerprint density at radius 2 is 1.21 bits per heavy atom. The normalized spacial score (nSPS) is 14.6. The number of nitrogens with one attached hydrogen (secondary N) is 2. The van der Waals surface area contributed by atoms with E-state index < -0.39 is 0 Å². The minimum absolute atomic E-state index is 0.593. The van der Waals surface area contributed by atoms with Gasteiger partial charge >= 0.3 is 0 Å². The topological polar surface area (TPSA) is 24.1 Å². The van der Waals surface area contributed by atoms with Gasteiger partial charge in [-0.25, -0.2) is 0 Å². The van der Waals surface area contributed by atoms with Crippen molar-refractivity contribution in [2.24, 2.45) is 0 Å². The minimum atomic E-state index is 0.593. The van der Waals surface area contributed by atoms with Gasteiger partial charge in [0.1, 0.15) is 0 Å². The predicted molar refractivity (Wildman–Crippen MR) is 87.0 cm³/mol. The number of rotatable bonds is 8. The third-order valence-electron chi connectivity index (χ3n) is 4.00. The molecular weight excluding hydrogens is 252 g/mol. The molecule has 19 heavy (non-hydrogen) atoms. The smallest absolute Gasteiger partial charge is 0.0222 e. The maximum absolute atomic E-state index is 3.62. The molecule has 1 rings (SSSR count). The van der Waals surface area contributed by atoms with Gasteiger partial charge in [-0.05, 0) is 51.7 Å². The first-order chi connectivity index (χ1) is 8.99. The van der Waals surface area contributed by atoms with E-state index in [-0.39, 0.29) is 0 Å². The van der Waals surface area contributed by atoms with Crippen LogP contribution in [-0.2, 0) is 13.1 Å². The lowest BCUT2D eigenvalue weighted by Gasteiger charge is -2.15. The number of aryl methyl sites for hydroxylation is 2. The highest BCUT2D eigenvalue weighted by Gasteiger charge is 2.13. The fourth-order valence-corrected chi connectivity index (χ4v) is 3.18. The lowest BCUT2D eigenvalue weighted by atomic mass is 10.1. The zero-order valence-electron chi connectivity index (χ0n) is 13.4. The van der Waals surface area contributed by atoms with Gasteiger partial charge in [0.05, 0.1) is 0 Å². The summed E-state index contributed by atoms with van der Waals surface area (Å²) in [6.07, 6.45) is 2.37. The molecule has 0 saturated heterocycles. The second kappa shape index (κ2) is 8.03. The highest BCUT2D eigenvalue weighted by Crippen LogP contribution is 2.27. The van der Waals surface area contributed by atoms with Crippen molar-refractivity contribution in [2.45, 2.75) is 79.6 Å². The summed E-state index contributed by atoms with van der Waals surface area (Å²) >= 11 is 1.93. The molecule has 1 aromatic rings. The highest BCUT2D eigenvalue weighted by molar-refractivity contribution is 7.12. The van der Waals surface area contributed by atoms with Gasteiger partial charge in [0.15, 0.2) is 0 Å². The molecular formula is C16H30N2S. The van der Waals surface area contributed by atoms with Crippen LogP contribution in [0.25, 0.3) is 0 Å². The average molecular weight is 282 g/mol. The first kappa shape index (κ1) is 16.7. The SMILES string of the molecule is CCC(C)NCc1c(C)sc(C)c1CNC(C)CC. The zero-order chi connectivity index (χ0) is 14.4. The van der Waals surface area contributed by atoms with Crippen molar-refractivity contribution < 1.29 is 0 Å². The molecule has 3 heteroatoms. The van der Waals surface area contributed by atoms with Gasteiger partial charge in [-0.15, -0.1) is 11.3 Å². The molecule has 0 aliphatic heterocycles. The van der Waals surface area contributed by atoms with E-state index in [4.69, 9.17) is 0 Å². The van der Waals surface area contributed by atoms with E-state index in [9.17, 15) is 0 Å². The number of thiophene rings is 1. The van der Waals surface area contributed by atoms with Crippen LogP contribution in [-0.4, -0.2) is 12.1 Å². The zero-order valence-corrected chi connectivity index (χ0v) is 14.2. The van der Waals surface area contributed by atoms with Crippen molar-refractivity contribution in [1.29, 1.82) is 0 Å². The van der Waals surface area contributed by atoms with Crippen LogP contribution >= 0.6 is 11.3 Å². The minimum Gasteiger partial charge on any atom is -0.310 e. The van der Waals surface area contributed by atoms with E-state index >= 15 is 0 Å². The van der Waals surface area contributed by atoms with Crippen LogP contribution in [0.3, 0.4) is 0 Å². The summed E-state index contributed by atoms with van der Waals surface area (Å²) in [5, 5.41) is 7.25. The van der Waals surface area contributed by atoms with E-state index in [1.165, 1.54) is 33.7 Å². The second-order valence-corrected chi connectivity index (χ2v) is 6.98. The summed E-state index contributed by atoms with van der Waals surface area (Å²) in [5.74, 6) is 0. The Morgan fingerprint density at radius 3 is 1.53 bits per heavy atom. The maximum Gasteiger partial charge on any atom is 0.0222 e. The van der Waals surface area contributed by atoms with Crippen molar-refractivity contribution in [1.82, 2.24) is 10.6 Å². The van der Waals surface area contributed by atoms with Gasteiger partial charge in [-0.1, -0.05) is 13.8 Å². The molecule has 110 valence electrons. The largest absolute Gasteiger partial charge is 0.310 e. The quantitative estimate of drug-likeness (QED) is 0.749. The summed E-state index contributed by atoms with van der Waals surface area (Å²) in [6, 6.07) is 1.19. The molecule has 2 N–H and O–H groups in total. The number of hydrogen-bond acceptors (Lipinski definition) is 3. The van der Waals surface area contributed by atoms with Gasteiger partial charge < -0.3 is 10.6 Å². The Labute approximate surface area is 123 Å². The van der Waals surface area contributed by atoms with Crippen LogP contribution in [0.4, 0.5) is 0 Å². The molecule has 2 unspecified atom stereocenters. The van der Waals surface area contributed by atoms with Crippen LogP contribution in [0.1, 0.15) is 61.4 Å². The Morgan fingerprint density at radius 1 is 0.842 bits per heavy atom. The van der Waals surface area contributed by atoms with Crippen LogP contribution in [0, 0.1) is 13.8 Å². The molecule has 0 bridgehead atoms. The molecule has 0 fully saturated rings. The molecule has 0 radical (unpaired) electrons. The Balaban J connectivity index is 2.73. The van der Waals surface area contributed by atoms with Crippen LogP contribution in [0.5, 0.6) is 0 Å². The third kappa shape index (κ3) is 4.90. The summed E-state index contributed by atoms with van der Waals surface area (Å²) in [5.41, 5.74) is 3.03. The lowest BCUT2D eigenvalue weighted by Crippen LogP contribution is -2.27. The Kier molecular flexibility index (Phi) is 7.05. The molecule has 1 aromatic heterocycles. The van der Waals surface area contributed by atoms with Gasteiger partial charge in [0.2, 0.25) is 0 Å². The molecule has 0 saturated carbocycles. The van der Waals surface area contributed by atoms with Gasteiger partial charge in [-0.2, -0.15) is 0 Å². The average Bonchev–Trinajstić information content (AvgIpc) is 2.67. The molecule has 0 aliphatic rings. The Hall–Kier alpha value is -0.380. The van der Waals surface area contributed by atoms with Gasteiger partial charge in [-0.3, -0.25) is 0 Å². The van der Waals surface area contributed by atoms with Crippen molar-refractivity contribution in [3.05, 3.63) is 20.9 Å². The van der Waals surface area contributed by atoms with Crippen LogP contribution in [0.15, 0.2) is 0 Å². The first-order valence-corrected chi connectivity index (χ1v) is 8.35. The predicted octanol–water partition coefficient (Wildman–Crippen LogP) is 4.14.